The summed E-state index contributed by atoms with van der Waals surface area (Å²) in [5.41, 5.74) is 3.64. The number of aliphatic imine (C=N–C) groups is 1. The lowest BCUT2D eigenvalue weighted by atomic mass is 10.0. The van der Waals surface area contributed by atoms with E-state index in [1.807, 2.05) is 36.2 Å². The number of amides is 1. The van der Waals surface area contributed by atoms with E-state index in [-0.39, 0.29) is 36.5 Å². The lowest BCUT2D eigenvalue weighted by molar-refractivity contribution is -0.121. The zero-order valence-electron chi connectivity index (χ0n) is 20.1. The first-order valence-corrected chi connectivity index (χ1v) is 11.9. The largest absolute Gasteiger partial charge is 0.482 e. The molecule has 4 rings (SSSR count). The minimum Gasteiger partial charge on any atom is -0.482 e. The molecule has 0 radical (unpaired) electrons. The summed E-state index contributed by atoms with van der Waals surface area (Å²) >= 11 is 0. The number of piperidine rings is 1. The Balaban J connectivity index is 0.00000324. The normalized spacial score (nSPS) is 16.9. The molecule has 1 fully saturated rings. The number of guanidine groups is 1. The number of aryl methyl sites for hydroxylation is 1. The Morgan fingerprint density at radius 2 is 1.85 bits per heavy atom. The molecule has 8 heteroatoms. The number of carbonyl (C=O) groups excluding carboxylic acids is 1. The fourth-order valence-electron chi connectivity index (χ4n) is 4.49. The van der Waals surface area contributed by atoms with Crippen molar-refractivity contribution >= 4 is 41.5 Å². The molecule has 2 aliphatic heterocycles. The van der Waals surface area contributed by atoms with Crippen LogP contribution in [0.3, 0.4) is 0 Å². The number of halogens is 1. The van der Waals surface area contributed by atoms with Gasteiger partial charge < -0.3 is 20.3 Å². The number of rotatable bonds is 7. The predicted octanol–water partition coefficient (Wildman–Crippen LogP) is 3.56. The molecule has 0 aromatic heterocycles. The van der Waals surface area contributed by atoms with E-state index in [1.54, 1.807) is 0 Å². The van der Waals surface area contributed by atoms with Crippen LogP contribution in [0.5, 0.6) is 5.75 Å². The summed E-state index contributed by atoms with van der Waals surface area (Å²) in [5, 5.41) is 6.99. The summed E-state index contributed by atoms with van der Waals surface area (Å²) in [5.74, 6) is 1.62. The number of hydrogen-bond donors (Lipinski definition) is 2. The third-order valence-corrected chi connectivity index (χ3v) is 6.47. The number of fused-ring (bicyclic) bond motifs is 1. The summed E-state index contributed by atoms with van der Waals surface area (Å²) in [6.45, 7) is 6.89. The zero-order chi connectivity index (χ0) is 23.0. The highest BCUT2D eigenvalue weighted by atomic mass is 127. The number of hydrogen-bond acceptors (Lipinski definition) is 4. The van der Waals surface area contributed by atoms with Crippen LogP contribution in [0.4, 0.5) is 5.69 Å². The van der Waals surface area contributed by atoms with E-state index in [9.17, 15) is 4.79 Å². The van der Waals surface area contributed by atoms with Crippen molar-refractivity contribution in [2.45, 2.75) is 38.8 Å². The Hall–Kier alpha value is -2.33. The van der Waals surface area contributed by atoms with Crippen molar-refractivity contribution in [2.24, 2.45) is 4.99 Å². The number of para-hydroxylation sites is 2. The highest BCUT2D eigenvalue weighted by molar-refractivity contribution is 14.0. The molecule has 7 nitrogen and oxygen atoms in total. The molecule has 184 valence electrons. The molecule has 34 heavy (non-hydrogen) atoms. The average molecular weight is 578 g/mol. The summed E-state index contributed by atoms with van der Waals surface area (Å²) < 4.78 is 5.52. The highest BCUT2D eigenvalue weighted by Crippen LogP contribution is 2.31. The van der Waals surface area contributed by atoms with Gasteiger partial charge in [-0.3, -0.25) is 14.7 Å². The van der Waals surface area contributed by atoms with Crippen LogP contribution in [0.25, 0.3) is 0 Å². The predicted molar refractivity (Wildman–Crippen MR) is 148 cm³/mol. The van der Waals surface area contributed by atoms with Gasteiger partial charge in [-0.1, -0.05) is 36.4 Å². The molecule has 2 heterocycles. The third-order valence-electron chi connectivity index (χ3n) is 6.47. The molecule has 1 amide bonds. The van der Waals surface area contributed by atoms with Gasteiger partial charge >= 0.3 is 0 Å². The smallest absolute Gasteiger partial charge is 0.265 e. The van der Waals surface area contributed by atoms with Crippen LogP contribution >= 0.6 is 24.0 Å². The second-order valence-corrected chi connectivity index (χ2v) is 8.78. The first kappa shape index (κ1) is 26.3. The van der Waals surface area contributed by atoms with Crippen molar-refractivity contribution in [3.63, 3.8) is 0 Å². The minimum absolute atomic E-state index is 0. The van der Waals surface area contributed by atoms with Gasteiger partial charge in [0.2, 0.25) is 0 Å². The average Bonchev–Trinajstić information content (AvgIpc) is 2.84. The Kier molecular flexibility index (Phi) is 10.0. The zero-order valence-corrected chi connectivity index (χ0v) is 22.5. The Labute approximate surface area is 220 Å². The van der Waals surface area contributed by atoms with Crippen molar-refractivity contribution in [2.75, 3.05) is 44.7 Å². The lowest BCUT2D eigenvalue weighted by Gasteiger charge is -2.33. The van der Waals surface area contributed by atoms with E-state index >= 15 is 0 Å². The van der Waals surface area contributed by atoms with E-state index in [2.05, 4.69) is 51.7 Å². The number of nitrogens with one attached hydrogen (secondary N) is 2. The topological polar surface area (TPSA) is 69.2 Å². The molecule has 1 saturated heterocycles. The van der Waals surface area contributed by atoms with Gasteiger partial charge in [-0.15, -0.1) is 24.0 Å². The van der Waals surface area contributed by atoms with Gasteiger partial charge in [0.25, 0.3) is 5.91 Å². The van der Waals surface area contributed by atoms with E-state index in [4.69, 9.17) is 4.74 Å². The van der Waals surface area contributed by atoms with Gasteiger partial charge in [0, 0.05) is 45.8 Å². The first-order chi connectivity index (χ1) is 16.1. The van der Waals surface area contributed by atoms with Crippen LogP contribution < -0.4 is 20.3 Å². The van der Waals surface area contributed by atoms with Crippen LogP contribution in [0, 0.1) is 6.92 Å². The van der Waals surface area contributed by atoms with E-state index in [1.165, 1.54) is 11.1 Å². The molecule has 0 bridgehead atoms. The Morgan fingerprint density at radius 1 is 1.12 bits per heavy atom. The molecular formula is C26H36IN5O2. The van der Waals surface area contributed by atoms with Crippen LogP contribution in [-0.2, 0) is 11.3 Å². The van der Waals surface area contributed by atoms with Gasteiger partial charge in [-0.2, -0.15) is 0 Å². The fraction of sp³-hybridized carbons (Fsp3) is 0.462. The molecule has 0 saturated carbocycles. The molecule has 0 spiro atoms. The number of anilines is 1. The van der Waals surface area contributed by atoms with Crippen molar-refractivity contribution in [3.05, 3.63) is 59.7 Å². The van der Waals surface area contributed by atoms with Crippen LogP contribution in [0.1, 0.15) is 30.4 Å². The Morgan fingerprint density at radius 3 is 2.62 bits per heavy atom. The molecule has 0 atom stereocenters. The summed E-state index contributed by atoms with van der Waals surface area (Å²) in [7, 11) is 1.81. The van der Waals surface area contributed by atoms with Gasteiger partial charge in [0.05, 0.1) is 5.69 Å². The molecule has 2 aromatic rings. The van der Waals surface area contributed by atoms with Gasteiger partial charge in [-0.05, 0) is 49.4 Å². The van der Waals surface area contributed by atoms with E-state index < -0.39 is 0 Å². The first-order valence-electron chi connectivity index (χ1n) is 11.9. The van der Waals surface area contributed by atoms with E-state index in [0.717, 1.165) is 62.8 Å². The lowest BCUT2D eigenvalue weighted by Crippen LogP contribution is -2.49. The number of benzene rings is 2. The second kappa shape index (κ2) is 12.9. The number of likely N-dealkylation sites (tertiary alicyclic amines) is 1. The molecular weight excluding hydrogens is 541 g/mol. The van der Waals surface area contributed by atoms with Crippen molar-refractivity contribution in [1.29, 1.82) is 0 Å². The van der Waals surface area contributed by atoms with Crippen molar-refractivity contribution < 1.29 is 9.53 Å². The quantitative estimate of drug-likeness (QED) is 0.228. The maximum Gasteiger partial charge on any atom is 0.265 e. The summed E-state index contributed by atoms with van der Waals surface area (Å²) in [6, 6.07) is 16.8. The maximum atomic E-state index is 12.3. The van der Waals surface area contributed by atoms with Crippen LogP contribution in [-0.4, -0.2) is 62.6 Å². The molecule has 0 unspecified atom stereocenters. The molecule has 2 aromatic carbocycles. The fourth-order valence-corrected chi connectivity index (χ4v) is 4.49. The molecule has 0 aliphatic carbocycles. The van der Waals surface area contributed by atoms with Gasteiger partial charge in [0.15, 0.2) is 12.6 Å². The maximum absolute atomic E-state index is 12.3. The molecule has 2 N–H and O–H groups in total. The van der Waals surface area contributed by atoms with Gasteiger partial charge in [0.1, 0.15) is 5.75 Å². The third kappa shape index (κ3) is 6.85. The monoisotopic (exact) mass is 577 g/mol. The van der Waals surface area contributed by atoms with Crippen LogP contribution in [0.15, 0.2) is 53.5 Å². The van der Waals surface area contributed by atoms with Crippen molar-refractivity contribution in [3.8, 4) is 5.75 Å². The Bertz CT molecular complexity index is 975. The van der Waals surface area contributed by atoms with Crippen LogP contribution in [0.2, 0.25) is 0 Å². The number of nitrogens with zero attached hydrogens (tertiary/aromatic N) is 3. The summed E-state index contributed by atoms with van der Waals surface area (Å²) in [6.07, 6.45) is 3.03. The van der Waals surface area contributed by atoms with Crippen molar-refractivity contribution in [1.82, 2.24) is 15.5 Å². The number of carbonyl (C=O) groups is 1. The SMILES string of the molecule is CN=C(NCCCN1C(=O)COc2ccccc21)NC1CCN(Cc2ccccc2C)CC1.I. The molecule has 2 aliphatic rings. The second-order valence-electron chi connectivity index (χ2n) is 8.78. The standard InChI is InChI=1S/C26H35N5O2.HI/c1-20-8-3-4-9-21(20)18-30-16-12-22(13-17-30)29-26(27-2)28-14-7-15-31-23-10-5-6-11-24(23)33-19-25(31)32;/h3-6,8-11,22H,7,12-19H2,1-2H3,(H2,27,28,29);1H. The van der Waals surface area contributed by atoms with E-state index in [0.29, 0.717) is 12.6 Å². The summed E-state index contributed by atoms with van der Waals surface area (Å²) in [4.78, 5) is 21.1. The highest BCUT2D eigenvalue weighted by Gasteiger charge is 2.24. The number of ether oxygens (including phenoxy) is 1. The van der Waals surface area contributed by atoms with Gasteiger partial charge in [-0.25, -0.2) is 0 Å². The minimum atomic E-state index is 0.